The summed E-state index contributed by atoms with van der Waals surface area (Å²) in [5.41, 5.74) is 5.14. The number of aliphatic carboxylic acids is 1. The molecule has 13 nitrogen and oxygen atoms in total. The van der Waals surface area contributed by atoms with Crippen LogP contribution in [0.3, 0.4) is 0 Å². The van der Waals surface area contributed by atoms with Gasteiger partial charge in [-0.15, -0.1) is 0 Å². The predicted molar refractivity (Wildman–Crippen MR) is 125 cm³/mol. The van der Waals surface area contributed by atoms with Crippen molar-refractivity contribution >= 4 is 35.5 Å². The highest BCUT2D eigenvalue weighted by molar-refractivity contribution is 5.95. The molecule has 0 aliphatic rings. The van der Waals surface area contributed by atoms with Crippen LogP contribution in [0.15, 0.2) is 0 Å². The van der Waals surface area contributed by atoms with E-state index in [4.69, 9.17) is 10.8 Å². The summed E-state index contributed by atoms with van der Waals surface area (Å²) >= 11 is 0. The van der Waals surface area contributed by atoms with Gasteiger partial charge >= 0.3 is 5.97 Å². The van der Waals surface area contributed by atoms with E-state index in [1.165, 1.54) is 6.92 Å². The maximum atomic E-state index is 13.2. The first-order valence-corrected chi connectivity index (χ1v) is 11.6. The molecular formula is C22H39N5O8. The monoisotopic (exact) mass is 501 g/mol. The number of aliphatic hydroxyl groups is 1. The zero-order valence-corrected chi connectivity index (χ0v) is 20.9. The van der Waals surface area contributed by atoms with Crippen molar-refractivity contribution in [2.75, 3.05) is 6.61 Å². The van der Waals surface area contributed by atoms with Gasteiger partial charge in [0.2, 0.25) is 29.5 Å². The topological polar surface area (TPSA) is 217 Å². The minimum absolute atomic E-state index is 0.0643. The molecule has 35 heavy (non-hydrogen) atoms. The molecule has 0 aromatic rings. The number of nitrogens with two attached hydrogens (primary N) is 1. The first-order valence-electron chi connectivity index (χ1n) is 11.6. The van der Waals surface area contributed by atoms with Gasteiger partial charge in [-0.25, -0.2) is 4.79 Å². The first kappa shape index (κ1) is 31.8. The Bertz CT molecular complexity index is 775. The van der Waals surface area contributed by atoms with Crippen molar-refractivity contribution in [3.63, 3.8) is 0 Å². The third-order valence-corrected chi connectivity index (χ3v) is 5.76. The molecule has 0 rings (SSSR count). The van der Waals surface area contributed by atoms with E-state index in [0.717, 1.165) is 0 Å². The van der Waals surface area contributed by atoms with Gasteiger partial charge < -0.3 is 37.2 Å². The number of carboxylic acid groups (broad SMARTS) is 1. The SMILES string of the molecule is CC[C@H](C)[C@H](NC(=O)[C@H](CCC(N)=O)NC(C)=O)C(=O)N[C@H](C(=O)N[C@@H](CO)C(=O)O)[C@@H](C)CC. The van der Waals surface area contributed by atoms with E-state index < -0.39 is 72.2 Å². The van der Waals surface area contributed by atoms with Crippen LogP contribution in [0.1, 0.15) is 60.3 Å². The highest BCUT2D eigenvalue weighted by atomic mass is 16.4. The van der Waals surface area contributed by atoms with Crippen LogP contribution in [0, 0.1) is 11.8 Å². The molecule has 0 heterocycles. The fourth-order valence-electron chi connectivity index (χ4n) is 3.15. The fourth-order valence-corrected chi connectivity index (χ4v) is 3.15. The van der Waals surface area contributed by atoms with Crippen LogP contribution in [-0.4, -0.2) is 76.5 Å². The lowest BCUT2D eigenvalue weighted by Gasteiger charge is -2.30. The molecule has 0 saturated heterocycles. The van der Waals surface area contributed by atoms with Gasteiger partial charge in [0.05, 0.1) is 6.61 Å². The molecule has 6 atom stereocenters. The van der Waals surface area contributed by atoms with Gasteiger partial charge in [-0.05, 0) is 18.3 Å². The van der Waals surface area contributed by atoms with Gasteiger partial charge in [-0.3, -0.25) is 24.0 Å². The van der Waals surface area contributed by atoms with Crippen molar-refractivity contribution in [2.45, 2.75) is 84.5 Å². The molecule has 0 unspecified atom stereocenters. The third kappa shape index (κ3) is 11.2. The Morgan fingerprint density at radius 2 is 1.23 bits per heavy atom. The minimum Gasteiger partial charge on any atom is -0.480 e. The maximum Gasteiger partial charge on any atom is 0.328 e. The average molecular weight is 502 g/mol. The van der Waals surface area contributed by atoms with Crippen LogP contribution in [0.2, 0.25) is 0 Å². The van der Waals surface area contributed by atoms with E-state index >= 15 is 0 Å². The zero-order valence-electron chi connectivity index (χ0n) is 20.9. The molecule has 8 N–H and O–H groups in total. The Morgan fingerprint density at radius 1 is 0.771 bits per heavy atom. The Hall–Kier alpha value is -3.22. The molecule has 200 valence electrons. The van der Waals surface area contributed by atoms with Crippen LogP contribution in [-0.2, 0) is 28.8 Å². The molecule has 5 amide bonds. The Morgan fingerprint density at radius 3 is 1.60 bits per heavy atom. The molecule has 0 saturated carbocycles. The van der Waals surface area contributed by atoms with Gasteiger partial charge in [0.1, 0.15) is 24.2 Å². The normalized spacial score (nSPS) is 15.9. The minimum atomic E-state index is -1.54. The average Bonchev–Trinajstić information content (AvgIpc) is 2.79. The summed E-state index contributed by atoms with van der Waals surface area (Å²) < 4.78 is 0. The van der Waals surface area contributed by atoms with Crippen molar-refractivity contribution in [1.29, 1.82) is 0 Å². The van der Waals surface area contributed by atoms with E-state index in [0.29, 0.717) is 12.8 Å². The Labute approximate surface area is 204 Å². The van der Waals surface area contributed by atoms with E-state index in [2.05, 4.69) is 21.3 Å². The summed E-state index contributed by atoms with van der Waals surface area (Å²) in [6, 6.07) is -4.87. The molecule has 0 aromatic heterocycles. The molecule has 13 heteroatoms. The van der Waals surface area contributed by atoms with E-state index in [-0.39, 0.29) is 18.8 Å². The molecule has 0 aliphatic heterocycles. The number of carboxylic acids is 1. The Kier molecular flexibility index (Phi) is 14.2. The second-order valence-electron chi connectivity index (χ2n) is 8.58. The summed E-state index contributed by atoms with van der Waals surface area (Å²) in [6.45, 7) is 7.35. The van der Waals surface area contributed by atoms with Crippen LogP contribution in [0.4, 0.5) is 0 Å². The highest BCUT2D eigenvalue weighted by Crippen LogP contribution is 2.13. The van der Waals surface area contributed by atoms with E-state index in [1.807, 2.05) is 0 Å². The highest BCUT2D eigenvalue weighted by Gasteiger charge is 2.34. The fraction of sp³-hybridized carbons (Fsp3) is 0.727. The second kappa shape index (κ2) is 15.6. The van der Waals surface area contributed by atoms with Crippen molar-refractivity contribution in [1.82, 2.24) is 21.3 Å². The zero-order chi connectivity index (χ0) is 27.3. The quantitative estimate of drug-likeness (QED) is 0.130. The number of carbonyl (C=O) groups excluding carboxylic acids is 5. The van der Waals surface area contributed by atoms with Gasteiger partial charge in [0, 0.05) is 13.3 Å². The number of carbonyl (C=O) groups is 6. The van der Waals surface area contributed by atoms with Crippen molar-refractivity contribution in [3.05, 3.63) is 0 Å². The lowest BCUT2D eigenvalue weighted by atomic mass is 9.94. The van der Waals surface area contributed by atoms with Crippen LogP contribution in [0.5, 0.6) is 0 Å². The maximum absolute atomic E-state index is 13.2. The summed E-state index contributed by atoms with van der Waals surface area (Å²) in [4.78, 5) is 72.6. The van der Waals surface area contributed by atoms with Crippen molar-refractivity contribution in [2.24, 2.45) is 17.6 Å². The van der Waals surface area contributed by atoms with E-state index in [9.17, 15) is 33.9 Å². The summed E-state index contributed by atoms with van der Waals surface area (Å²) in [5, 5.41) is 28.1. The molecule has 0 fully saturated rings. The summed E-state index contributed by atoms with van der Waals surface area (Å²) in [7, 11) is 0. The standard InChI is InChI=1S/C22H39N5O8/c1-6-11(3)17(20(32)25-15(10-28)22(34)35)27-21(33)18(12(4)7-2)26-19(31)14(24-13(5)29)8-9-16(23)30/h11-12,14-15,17-18,28H,6-10H2,1-5H3,(H2,23,30)(H,24,29)(H,25,32)(H,26,31)(H,27,33)(H,34,35)/t11-,12-,14-,15-,17-,18-/m0/s1. The third-order valence-electron chi connectivity index (χ3n) is 5.76. The molecule has 0 aromatic carbocycles. The largest absolute Gasteiger partial charge is 0.480 e. The first-order chi connectivity index (χ1) is 16.3. The number of rotatable bonds is 16. The van der Waals surface area contributed by atoms with Crippen molar-refractivity contribution in [3.8, 4) is 0 Å². The van der Waals surface area contributed by atoms with Crippen LogP contribution >= 0.6 is 0 Å². The van der Waals surface area contributed by atoms with Gasteiger partial charge in [0.25, 0.3) is 0 Å². The van der Waals surface area contributed by atoms with Gasteiger partial charge in [-0.1, -0.05) is 40.5 Å². The number of hydrogen-bond donors (Lipinski definition) is 7. The number of amides is 5. The molecule has 0 radical (unpaired) electrons. The lowest BCUT2D eigenvalue weighted by Crippen LogP contribution is -2.60. The number of aliphatic hydroxyl groups excluding tert-OH is 1. The summed E-state index contributed by atoms with van der Waals surface area (Å²) in [6.07, 6.45) is 0.721. The molecule has 0 spiro atoms. The molecular weight excluding hydrogens is 462 g/mol. The number of hydrogen-bond acceptors (Lipinski definition) is 7. The second-order valence-corrected chi connectivity index (χ2v) is 8.58. The van der Waals surface area contributed by atoms with Crippen LogP contribution in [0.25, 0.3) is 0 Å². The van der Waals surface area contributed by atoms with Crippen LogP contribution < -0.4 is 27.0 Å². The van der Waals surface area contributed by atoms with Crippen molar-refractivity contribution < 1.29 is 39.0 Å². The smallest absolute Gasteiger partial charge is 0.328 e. The lowest BCUT2D eigenvalue weighted by molar-refractivity contribution is -0.143. The molecule has 0 bridgehead atoms. The van der Waals surface area contributed by atoms with Gasteiger partial charge in [0.15, 0.2) is 0 Å². The van der Waals surface area contributed by atoms with Gasteiger partial charge in [-0.2, -0.15) is 0 Å². The van der Waals surface area contributed by atoms with E-state index in [1.54, 1.807) is 27.7 Å². The number of primary amides is 1. The summed E-state index contributed by atoms with van der Waals surface area (Å²) in [5.74, 6) is -5.54. The molecule has 0 aliphatic carbocycles. The predicted octanol–water partition coefficient (Wildman–Crippen LogP) is -1.62. The Balaban J connectivity index is 5.75. The number of nitrogens with one attached hydrogen (secondary N) is 4.